The summed E-state index contributed by atoms with van der Waals surface area (Å²) in [6, 6.07) is 8.78. The molecule has 0 amide bonds. The molecule has 0 aliphatic heterocycles. The van der Waals surface area contributed by atoms with Gasteiger partial charge in [0.05, 0.1) is 0 Å². The Balaban J connectivity index is 3.06. The summed E-state index contributed by atoms with van der Waals surface area (Å²) in [4.78, 5) is 0. The van der Waals surface area contributed by atoms with Crippen LogP contribution in [0.2, 0.25) is 0 Å². The number of rotatable bonds is 6. The van der Waals surface area contributed by atoms with Crippen LogP contribution in [0.1, 0.15) is 31.9 Å². The van der Waals surface area contributed by atoms with E-state index in [1.165, 1.54) is 35.8 Å². The summed E-state index contributed by atoms with van der Waals surface area (Å²) in [7, 11) is 0. The summed E-state index contributed by atoms with van der Waals surface area (Å²) in [6.07, 6.45) is 6.96. The first-order valence-electron chi connectivity index (χ1n) is 6.43. The van der Waals surface area contributed by atoms with Gasteiger partial charge < -0.3 is 0 Å². The third-order valence-corrected chi connectivity index (χ3v) is 15.3. The van der Waals surface area contributed by atoms with E-state index in [0.29, 0.717) is 0 Å². The van der Waals surface area contributed by atoms with Crippen molar-refractivity contribution in [3.63, 3.8) is 0 Å². The van der Waals surface area contributed by atoms with Crippen molar-refractivity contribution < 1.29 is 0 Å². The summed E-state index contributed by atoms with van der Waals surface area (Å²) < 4.78 is 0. The molecular weight excluding hydrogens is 291 g/mol. The molecule has 17 heavy (non-hydrogen) atoms. The van der Waals surface area contributed by atoms with Gasteiger partial charge in [0.1, 0.15) is 0 Å². The Kier molecular flexibility index (Phi) is 4.98. The molecule has 0 N–H and O–H groups in total. The Morgan fingerprint density at radius 1 is 1.18 bits per heavy atom. The van der Waals surface area contributed by atoms with E-state index in [2.05, 4.69) is 67.1 Å². The van der Waals surface area contributed by atoms with Gasteiger partial charge in [-0.1, -0.05) is 0 Å². The van der Waals surface area contributed by atoms with E-state index in [4.69, 9.17) is 0 Å². The van der Waals surface area contributed by atoms with Crippen LogP contribution in [0.25, 0.3) is 6.08 Å². The molecule has 1 rings (SSSR count). The first-order chi connectivity index (χ1) is 7.99. The molecule has 0 radical (unpaired) electrons. The van der Waals surface area contributed by atoms with Gasteiger partial charge in [0, 0.05) is 0 Å². The van der Waals surface area contributed by atoms with Gasteiger partial charge in [0.15, 0.2) is 0 Å². The molecular formula is C15H24BrP. The molecule has 0 saturated carbocycles. The maximum absolute atomic E-state index is 4.18. The molecule has 0 unspecified atom stereocenters. The SMILES string of the molecule is C=Cc1cccc(CP(Br)(CC)(CC)CC)c1. The second kappa shape index (κ2) is 5.67. The number of halogens is 1. The van der Waals surface area contributed by atoms with Gasteiger partial charge in [-0.15, -0.1) is 0 Å². The molecule has 0 saturated heterocycles. The van der Waals surface area contributed by atoms with Gasteiger partial charge in [0.25, 0.3) is 0 Å². The zero-order valence-corrected chi connectivity index (χ0v) is 13.7. The molecule has 0 nitrogen and oxygen atoms in total. The first kappa shape index (κ1) is 14.9. The average Bonchev–Trinajstić information content (AvgIpc) is 2.39. The third kappa shape index (κ3) is 3.42. The molecule has 0 aromatic heterocycles. The van der Waals surface area contributed by atoms with Gasteiger partial charge in [0.2, 0.25) is 0 Å². The fraction of sp³-hybridized carbons (Fsp3) is 0.467. The van der Waals surface area contributed by atoms with Crippen LogP contribution < -0.4 is 0 Å². The zero-order valence-electron chi connectivity index (χ0n) is 11.2. The van der Waals surface area contributed by atoms with Crippen LogP contribution in [0, 0.1) is 0 Å². The average molecular weight is 315 g/mol. The fourth-order valence-corrected chi connectivity index (χ4v) is 6.27. The minimum absolute atomic E-state index is 1.21. The predicted octanol–water partition coefficient (Wildman–Crippen LogP) is 5.75. The van der Waals surface area contributed by atoms with Crippen LogP contribution in [0.15, 0.2) is 30.8 Å². The topological polar surface area (TPSA) is 0 Å². The van der Waals surface area contributed by atoms with Crippen LogP contribution >= 0.6 is 20.8 Å². The quantitative estimate of drug-likeness (QED) is 0.586. The molecule has 2 heteroatoms. The van der Waals surface area contributed by atoms with E-state index >= 15 is 0 Å². The molecule has 0 atom stereocenters. The van der Waals surface area contributed by atoms with Crippen molar-refractivity contribution in [2.45, 2.75) is 26.9 Å². The summed E-state index contributed by atoms with van der Waals surface area (Å²) >= 11 is 4.18. The van der Waals surface area contributed by atoms with Crippen molar-refractivity contribution in [3.8, 4) is 0 Å². The van der Waals surface area contributed by atoms with Gasteiger partial charge in [-0.3, -0.25) is 0 Å². The van der Waals surface area contributed by atoms with Gasteiger partial charge in [-0.05, 0) is 0 Å². The second-order valence-electron chi connectivity index (χ2n) is 4.88. The van der Waals surface area contributed by atoms with Crippen molar-refractivity contribution >= 4 is 26.9 Å². The van der Waals surface area contributed by atoms with Crippen LogP contribution in [0.4, 0.5) is 0 Å². The van der Waals surface area contributed by atoms with Crippen LogP contribution in [-0.4, -0.2) is 18.5 Å². The molecule has 1 aromatic carbocycles. The van der Waals surface area contributed by atoms with E-state index in [-0.39, 0.29) is 0 Å². The van der Waals surface area contributed by atoms with Crippen molar-refractivity contribution in [2.24, 2.45) is 0 Å². The Morgan fingerprint density at radius 3 is 2.24 bits per heavy atom. The number of hydrogen-bond acceptors (Lipinski definition) is 0. The first-order valence-corrected chi connectivity index (χ1v) is 11.4. The summed E-state index contributed by atoms with van der Waals surface area (Å²) in [6.45, 7) is 10.8. The van der Waals surface area contributed by atoms with E-state index in [9.17, 15) is 0 Å². The van der Waals surface area contributed by atoms with Crippen molar-refractivity contribution in [3.05, 3.63) is 42.0 Å². The maximum atomic E-state index is 4.18. The predicted molar refractivity (Wildman–Crippen MR) is 87.7 cm³/mol. The standard InChI is InChI=1S/C15H24BrP/c1-5-14-10-9-11-15(12-14)13-17(16,6-2,7-3)8-4/h5,9-12H,1,6-8,13H2,2-4H3. The number of benzene rings is 1. The fourth-order valence-electron chi connectivity index (χ4n) is 2.28. The summed E-state index contributed by atoms with van der Waals surface area (Å²) in [5.41, 5.74) is 2.67. The monoisotopic (exact) mass is 314 g/mol. The zero-order chi connectivity index (χ0) is 13.0. The third-order valence-electron chi connectivity index (χ3n) is 4.14. The van der Waals surface area contributed by atoms with Crippen molar-refractivity contribution in [1.29, 1.82) is 0 Å². The van der Waals surface area contributed by atoms with E-state index in [0.717, 1.165) is 0 Å². The van der Waals surface area contributed by atoms with Crippen LogP contribution in [-0.2, 0) is 6.16 Å². The van der Waals surface area contributed by atoms with E-state index in [1.807, 2.05) is 6.08 Å². The molecule has 0 aliphatic carbocycles. The van der Waals surface area contributed by atoms with Gasteiger partial charge in [-0.2, -0.15) is 0 Å². The molecule has 0 aliphatic rings. The van der Waals surface area contributed by atoms with Crippen molar-refractivity contribution in [2.75, 3.05) is 18.5 Å². The second-order valence-corrected chi connectivity index (χ2v) is 16.7. The molecule has 0 spiro atoms. The minimum atomic E-state index is -1.69. The van der Waals surface area contributed by atoms with Crippen LogP contribution in [0.3, 0.4) is 0 Å². The molecule has 96 valence electrons. The Bertz CT molecular complexity index is 383. The van der Waals surface area contributed by atoms with Crippen molar-refractivity contribution in [1.82, 2.24) is 0 Å². The van der Waals surface area contributed by atoms with E-state index < -0.39 is 5.31 Å². The normalized spacial score (nSPS) is 14.0. The molecule has 1 aromatic rings. The Labute approximate surface area is 114 Å². The van der Waals surface area contributed by atoms with E-state index in [1.54, 1.807) is 0 Å². The Morgan fingerprint density at radius 2 is 1.76 bits per heavy atom. The molecule has 0 fully saturated rings. The molecule has 0 bridgehead atoms. The van der Waals surface area contributed by atoms with Gasteiger partial charge in [-0.25, -0.2) is 0 Å². The summed E-state index contributed by atoms with van der Waals surface area (Å²) in [5.74, 6) is 0. The number of hydrogen-bond donors (Lipinski definition) is 0. The Hall–Kier alpha value is -0.130. The molecule has 0 heterocycles. The summed E-state index contributed by atoms with van der Waals surface area (Å²) in [5, 5.41) is -1.69. The van der Waals surface area contributed by atoms with Gasteiger partial charge >= 0.3 is 114 Å². The van der Waals surface area contributed by atoms with Crippen LogP contribution in [0.5, 0.6) is 0 Å².